The number of rotatable bonds is 3. The average Bonchev–Trinajstić information content (AvgIpc) is 2.69. The molecular formula is C25H24F2N2O2. The molecule has 4 nitrogen and oxygen atoms in total. The van der Waals surface area contributed by atoms with Crippen molar-refractivity contribution in [2.45, 2.75) is 39.5 Å². The highest BCUT2D eigenvalue weighted by molar-refractivity contribution is 6.10. The van der Waals surface area contributed by atoms with E-state index in [4.69, 9.17) is 0 Å². The predicted molar refractivity (Wildman–Crippen MR) is 115 cm³/mol. The van der Waals surface area contributed by atoms with Gasteiger partial charge in [-0.15, -0.1) is 0 Å². The maximum Gasteiger partial charge on any atom is 0.254 e. The van der Waals surface area contributed by atoms with E-state index in [1.165, 1.54) is 6.07 Å². The normalized spacial score (nSPS) is 20.3. The first-order valence-electron chi connectivity index (χ1n) is 10.2. The SMILES string of the molecule is CC1=C(C(=O)Nc2c(F)cccc2F)C(c2ccccc2)C2=C(CC(C)(C)CC2=O)N1. The summed E-state index contributed by atoms with van der Waals surface area (Å²) in [6.07, 6.45) is 1.04. The molecule has 6 heteroatoms. The van der Waals surface area contributed by atoms with Crippen molar-refractivity contribution in [3.8, 4) is 0 Å². The maximum atomic E-state index is 14.2. The van der Waals surface area contributed by atoms with Crippen molar-refractivity contribution in [3.05, 3.63) is 88.3 Å². The molecule has 160 valence electrons. The van der Waals surface area contributed by atoms with Gasteiger partial charge in [0.15, 0.2) is 5.78 Å². The maximum absolute atomic E-state index is 14.2. The van der Waals surface area contributed by atoms with Gasteiger partial charge in [-0.05, 0) is 36.5 Å². The number of nitrogens with one attached hydrogen (secondary N) is 2. The van der Waals surface area contributed by atoms with Gasteiger partial charge in [-0.2, -0.15) is 0 Å². The van der Waals surface area contributed by atoms with Crippen molar-refractivity contribution < 1.29 is 18.4 Å². The minimum Gasteiger partial charge on any atom is -0.362 e. The summed E-state index contributed by atoms with van der Waals surface area (Å²) < 4.78 is 28.3. The number of amides is 1. The molecule has 2 aromatic carbocycles. The Balaban J connectivity index is 1.81. The van der Waals surface area contributed by atoms with Crippen LogP contribution in [0.1, 0.15) is 45.1 Å². The highest BCUT2D eigenvalue weighted by Gasteiger charge is 2.42. The highest BCUT2D eigenvalue weighted by Crippen LogP contribution is 2.46. The lowest BCUT2D eigenvalue weighted by Gasteiger charge is -2.39. The second-order valence-electron chi connectivity index (χ2n) is 8.89. The van der Waals surface area contributed by atoms with E-state index in [1.54, 1.807) is 6.92 Å². The van der Waals surface area contributed by atoms with Gasteiger partial charge in [-0.3, -0.25) is 9.59 Å². The van der Waals surface area contributed by atoms with Crippen molar-refractivity contribution in [2.75, 3.05) is 5.32 Å². The smallest absolute Gasteiger partial charge is 0.254 e. The number of hydrogen-bond acceptors (Lipinski definition) is 3. The lowest BCUT2D eigenvalue weighted by Crippen LogP contribution is -2.39. The molecule has 0 aromatic heterocycles. The molecule has 1 amide bonds. The Hall–Kier alpha value is -3.28. The molecule has 31 heavy (non-hydrogen) atoms. The molecule has 0 bridgehead atoms. The standard InChI is InChI=1S/C25H24F2N2O2/c1-14-20(24(31)29-23-16(26)10-7-11-17(23)27)21(15-8-5-4-6-9-15)22-18(28-14)12-25(2,3)13-19(22)30/h4-11,21,28H,12-13H2,1-3H3,(H,29,31). The second-order valence-corrected chi connectivity index (χ2v) is 8.89. The second kappa shape index (κ2) is 7.76. The molecule has 1 heterocycles. The number of ketones is 1. The molecule has 1 aliphatic carbocycles. The number of halogens is 2. The fraction of sp³-hybridized carbons (Fsp3) is 0.280. The van der Waals surface area contributed by atoms with Gasteiger partial charge in [0.05, 0.1) is 0 Å². The zero-order chi connectivity index (χ0) is 22.3. The summed E-state index contributed by atoms with van der Waals surface area (Å²) in [5.41, 5.74) is 2.28. The summed E-state index contributed by atoms with van der Waals surface area (Å²) in [7, 11) is 0. The first kappa shape index (κ1) is 21.0. The zero-order valence-corrected chi connectivity index (χ0v) is 17.7. The largest absolute Gasteiger partial charge is 0.362 e. The molecule has 2 N–H and O–H groups in total. The van der Waals surface area contributed by atoms with Crippen LogP contribution in [0.4, 0.5) is 14.5 Å². The van der Waals surface area contributed by atoms with E-state index in [9.17, 15) is 18.4 Å². The summed E-state index contributed by atoms with van der Waals surface area (Å²) >= 11 is 0. The van der Waals surface area contributed by atoms with Crippen LogP contribution in [0, 0.1) is 17.0 Å². The third kappa shape index (κ3) is 3.90. The number of para-hydroxylation sites is 1. The topological polar surface area (TPSA) is 58.2 Å². The van der Waals surface area contributed by atoms with E-state index in [1.807, 2.05) is 44.2 Å². The van der Waals surface area contributed by atoms with Gasteiger partial charge in [0.1, 0.15) is 17.3 Å². The number of allylic oxidation sites excluding steroid dienone is 3. The average molecular weight is 422 g/mol. The summed E-state index contributed by atoms with van der Waals surface area (Å²) in [5.74, 6) is -3.01. The molecule has 1 aliphatic heterocycles. The molecule has 2 aliphatic rings. The van der Waals surface area contributed by atoms with E-state index in [2.05, 4.69) is 10.6 Å². The molecular weight excluding hydrogens is 398 g/mol. The summed E-state index contributed by atoms with van der Waals surface area (Å²) in [6, 6.07) is 12.7. The molecule has 0 spiro atoms. The van der Waals surface area contributed by atoms with Gasteiger partial charge < -0.3 is 10.6 Å². The van der Waals surface area contributed by atoms with E-state index in [0.29, 0.717) is 24.1 Å². The Morgan fingerprint density at radius 2 is 1.68 bits per heavy atom. The Kier molecular flexibility index (Phi) is 5.25. The number of dihydropyridines is 1. The summed E-state index contributed by atoms with van der Waals surface area (Å²) in [4.78, 5) is 26.5. The fourth-order valence-electron chi connectivity index (χ4n) is 4.51. The summed E-state index contributed by atoms with van der Waals surface area (Å²) in [6.45, 7) is 5.82. The predicted octanol–water partition coefficient (Wildman–Crippen LogP) is 5.21. The number of anilines is 1. The lowest BCUT2D eigenvalue weighted by molar-refractivity contribution is -0.118. The minimum absolute atomic E-state index is 0.0255. The van der Waals surface area contributed by atoms with Crippen molar-refractivity contribution in [1.82, 2.24) is 5.32 Å². The molecule has 1 atom stereocenters. The van der Waals surface area contributed by atoms with Crippen LogP contribution in [-0.4, -0.2) is 11.7 Å². The van der Waals surface area contributed by atoms with Crippen molar-refractivity contribution in [2.24, 2.45) is 5.41 Å². The highest BCUT2D eigenvalue weighted by atomic mass is 19.1. The van der Waals surface area contributed by atoms with Crippen LogP contribution >= 0.6 is 0 Å². The third-order valence-corrected chi connectivity index (χ3v) is 5.82. The van der Waals surface area contributed by atoms with Crippen molar-refractivity contribution >= 4 is 17.4 Å². The van der Waals surface area contributed by atoms with Crippen molar-refractivity contribution in [1.29, 1.82) is 0 Å². The number of Topliss-reactive ketones (excluding diaryl/α,β-unsaturated/α-hetero) is 1. The van der Waals surface area contributed by atoms with Gasteiger partial charge in [0, 0.05) is 34.9 Å². The lowest BCUT2D eigenvalue weighted by atomic mass is 9.68. The first-order chi connectivity index (χ1) is 14.7. The van der Waals surface area contributed by atoms with Crippen LogP contribution < -0.4 is 10.6 Å². The molecule has 0 radical (unpaired) electrons. The molecule has 0 saturated heterocycles. The van der Waals surface area contributed by atoms with E-state index in [0.717, 1.165) is 23.4 Å². The van der Waals surface area contributed by atoms with Gasteiger partial charge in [0.2, 0.25) is 0 Å². The summed E-state index contributed by atoms with van der Waals surface area (Å²) in [5, 5.41) is 5.62. The molecule has 0 fully saturated rings. The Labute approximate surface area is 180 Å². The number of carbonyl (C=O) groups excluding carboxylic acids is 2. The van der Waals surface area contributed by atoms with Crippen LogP contribution in [0.2, 0.25) is 0 Å². The minimum atomic E-state index is -0.859. The molecule has 4 rings (SSSR count). The number of carbonyl (C=O) groups is 2. The van der Waals surface area contributed by atoms with Gasteiger partial charge >= 0.3 is 0 Å². The quantitative estimate of drug-likeness (QED) is 0.714. The zero-order valence-electron chi connectivity index (χ0n) is 17.7. The molecule has 1 unspecified atom stereocenters. The number of hydrogen-bond donors (Lipinski definition) is 2. The monoisotopic (exact) mass is 422 g/mol. The van der Waals surface area contributed by atoms with Crippen LogP contribution in [0.5, 0.6) is 0 Å². The van der Waals surface area contributed by atoms with E-state index in [-0.39, 0.29) is 16.8 Å². The van der Waals surface area contributed by atoms with E-state index < -0.39 is 29.1 Å². The number of benzene rings is 2. The van der Waals surface area contributed by atoms with Gasteiger partial charge in [-0.25, -0.2) is 8.78 Å². The van der Waals surface area contributed by atoms with Crippen LogP contribution in [-0.2, 0) is 9.59 Å². The van der Waals surface area contributed by atoms with Gasteiger partial charge in [-0.1, -0.05) is 50.2 Å². The fourth-order valence-corrected chi connectivity index (χ4v) is 4.51. The Morgan fingerprint density at radius 3 is 2.32 bits per heavy atom. The molecule has 2 aromatic rings. The Bertz CT molecular complexity index is 1110. The third-order valence-electron chi connectivity index (χ3n) is 5.82. The first-order valence-corrected chi connectivity index (χ1v) is 10.2. The van der Waals surface area contributed by atoms with E-state index >= 15 is 0 Å². The van der Waals surface area contributed by atoms with Crippen molar-refractivity contribution in [3.63, 3.8) is 0 Å². The van der Waals surface area contributed by atoms with Gasteiger partial charge in [0.25, 0.3) is 5.91 Å². The van der Waals surface area contributed by atoms with Crippen LogP contribution in [0.25, 0.3) is 0 Å². The molecule has 0 saturated carbocycles. The van der Waals surface area contributed by atoms with Crippen LogP contribution in [0.3, 0.4) is 0 Å². The van der Waals surface area contributed by atoms with Crippen LogP contribution in [0.15, 0.2) is 71.1 Å². The Morgan fingerprint density at radius 1 is 1.03 bits per heavy atom.